The van der Waals surface area contributed by atoms with Crippen molar-refractivity contribution >= 4 is 0 Å². The zero-order valence-electron chi connectivity index (χ0n) is 13.0. The SMILES string of the molecule is OCC1C(O)[C@](CO)(O[C@@H]2OC(CO)[C@H](O)C(O)C2O)C[C@H]1CO. The van der Waals surface area contributed by atoms with Crippen molar-refractivity contribution in [3.05, 3.63) is 0 Å². The molecule has 142 valence electrons. The molecule has 0 amide bonds. The molecule has 0 spiro atoms. The van der Waals surface area contributed by atoms with Gasteiger partial charge in [0.2, 0.25) is 0 Å². The molecule has 1 heterocycles. The van der Waals surface area contributed by atoms with Crippen molar-refractivity contribution in [3.63, 3.8) is 0 Å². The zero-order chi connectivity index (χ0) is 18.1. The topological polar surface area (TPSA) is 180 Å². The maximum atomic E-state index is 10.4. The third-order valence-corrected chi connectivity index (χ3v) is 5.07. The Labute approximate surface area is 138 Å². The summed E-state index contributed by atoms with van der Waals surface area (Å²) in [6, 6.07) is 0. The maximum Gasteiger partial charge on any atom is 0.187 e. The first-order valence-corrected chi connectivity index (χ1v) is 7.84. The number of rotatable bonds is 6. The van der Waals surface area contributed by atoms with Gasteiger partial charge in [0.25, 0.3) is 0 Å². The lowest BCUT2D eigenvalue weighted by Crippen LogP contribution is -2.62. The van der Waals surface area contributed by atoms with Crippen LogP contribution in [0.2, 0.25) is 0 Å². The van der Waals surface area contributed by atoms with E-state index < -0.39 is 74.1 Å². The Balaban J connectivity index is 2.20. The molecule has 1 saturated carbocycles. The van der Waals surface area contributed by atoms with E-state index in [1.54, 1.807) is 0 Å². The van der Waals surface area contributed by atoms with Crippen molar-refractivity contribution in [3.8, 4) is 0 Å². The number of aliphatic hydroxyl groups excluding tert-OH is 8. The van der Waals surface area contributed by atoms with Crippen molar-refractivity contribution in [2.45, 2.75) is 48.8 Å². The lowest BCUT2D eigenvalue weighted by Gasteiger charge is -2.44. The first kappa shape index (κ1) is 19.9. The van der Waals surface area contributed by atoms with E-state index in [1.807, 2.05) is 0 Å². The predicted octanol–water partition coefficient (Wildman–Crippen LogP) is -4.48. The summed E-state index contributed by atoms with van der Waals surface area (Å²) < 4.78 is 10.8. The number of hydrogen-bond acceptors (Lipinski definition) is 10. The monoisotopic (exact) mass is 354 g/mol. The maximum absolute atomic E-state index is 10.4. The Morgan fingerprint density at radius 1 is 0.875 bits per heavy atom. The van der Waals surface area contributed by atoms with Crippen molar-refractivity contribution in [1.82, 2.24) is 0 Å². The van der Waals surface area contributed by atoms with Crippen LogP contribution in [0.1, 0.15) is 6.42 Å². The highest BCUT2D eigenvalue weighted by Crippen LogP contribution is 2.43. The fourth-order valence-corrected chi connectivity index (χ4v) is 3.52. The first-order valence-electron chi connectivity index (χ1n) is 7.84. The summed E-state index contributed by atoms with van der Waals surface area (Å²) in [6.07, 6.45) is -8.97. The quantitative estimate of drug-likeness (QED) is 0.232. The Kier molecular flexibility index (Phi) is 6.53. The molecule has 8 N–H and O–H groups in total. The van der Waals surface area contributed by atoms with Crippen LogP contribution < -0.4 is 0 Å². The lowest BCUT2D eigenvalue weighted by molar-refractivity contribution is -0.338. The zero-order valence-corrected chi connectivity index (χ0v) is 13.0. The van der Waals surface area contributed by atoms with Crippen LogP contribution in [0.4, 0.5) is 0 Å². The summed E-state index contributed by atoms with van der Waals surface area (Å²) >= 11 is 0. The highest BCUT2D eigenvalue weighted by atomic mass is 16.7. The predicted molar refractivity (Wildman–Crippen MR) is 76.4 cm³/mol. The fourth-order valence-electron chi connectivity index (χ4n) is 3.52. The van der Waals surface area contributed by atoms with Crippen LogP contribution in [0.5, 0.6) is 0 Å². The van der Waals surface area contributed by atoms with Crippen LogP contribution in [0.3, 0.4) is 0 Å². The van der Waals surface area contributed by atoms with E-state index in [2.05, 4.69) is 0 Å². The fraction of sp³-hybridized carbons (Fsp3) is 1.00. The van der Waals surface area contributed by atoms with E-state index >= 15 is 0 Å². The summed E-state index contributed by atoms with van der Waals surface area (Å²) in [4.78, 5) is 0. The van der Waals surface area contributed by atoms with Gasteiger partial charge in [-0.1, -0.05) is 0 Å². The van der Waals surface area contributed by atoms with Gasteiger partial charge in [0.15, 0.2) is 6.29 Å². The molecule has 2 fully saturated rings. The highest BCUT2D eigenvalue weighted by molar-refractivity contribution is 5.04. The Bertz CT molecular complexity index is 407. The van der Waals surface area contributed by atoms with E-state index in [4.69, 9.17) is 9.47 Å². The molecular formula is C14H26O10. The van der Waals surface area contributed by atoms with Crippen LogP contribution in [0.15, 0.2) is 0 Å². The van der Waals surface area contributed by atoms with Gasteiger partial charge in [-0.05, 0) is 12.3 Å². The van der Waals surface area contributed by atoms with E-state index in [9.17, 15) is 40.9 Å². The molecule has 1 aliphatic carbocycles. The molecule has 1 saturated heterocycles. The average Bonchev–Trinajstić information content (AvgIpc) is 2.87. The number of hydrogen-bond donors (Lipinski definition) is 8. The number of aliphatic hydroxyl groups is 8. The second kappa shape index (κ2) is 7.87. The Hall–Kier alpha value is -0.400. The highest BCUT2D eigenvalue weighted by Gasteiger charge is 2.56. The van der Waals surface area contributed by atoms with Crippen molar-refractivity contribution in [2.75, 3.05) is 26.4 Å². The molecule has 0 radical (unpaired) electrons. The van der Waals surface area contributed by atoms with Crippen molar-refractivity contribution in [1.29, 1.82) is 0 Å². The van der Waals surface area contributed by atoms with Crippen LogP contribution in [0, 0.1) is 11.8 Å². The normalized spacial score (nSPS) is 49.5. The smallest absolute Gasteiger partial charge is 0.187 e. The minimum atomic E-state index is -1.68. The van der Waals surface area contributed by atoms with Crippen molar-refractivity contribution in [2.24, 2.45) is 11.8 Å². The van der Waals surface area contributed by atoms with Gasteiger partial charge in [-0.25, -0.2) is 0 Å². The lowest BCUT2D eigenvalue weighted by atomic mass is 9.95. The van der Waals surface area contributed by atoms with Gasteiger partial charge in [0.05, 0.1) is 19.3 Å². The molecule has 0 bridgehead atoms. The second-order valence-electron chi connectivity index (χ2n) is 6.48. The first-order chi connectivity index (χ1) is 11.3. The summed E-state index contributed by atoms with van der Waals surface area (Å²) in [5.74, 6) is -1.28. The van der Waals surface area contributed by atoms with E-state index in [0.717, 1.165) is 0 Å². The molecule has 9 atom stereocenters. The van der Waals surface area contributed by atoms with Gasteiger partial charge in [0.1, 0.15) is 30.0 Å². The van der Waals surface area contributed by atoms with Crippen molar-refractivity contribution < 1.29 is 50.3 Å². The van der Waals surface area contributed by atoms with Gasteiger partial charge in [0, 0.05) is 19.1 Å². The molecular weight excluding hydrogens is 328 g/mol. The molecule has 24 heavy (non-hydrogen) atoms. The van der Waals surface area contributed by atoms with Crippen LogP contribution >= 0.6 is 0 Å². The standard InChI is InChI=1S/C14H26O10/c15-2-6-1-14(5-18,12(22)7(6)3-16)24-13-11(21)10(20)9(19)8(4-17)23-13/h6-13,15-22H,1-5H2/t6-,7?,8?,9-,10?,11?,12?,13-,14-/m0/s1. The Morgan fingerprint density at radius 3 is 2.00 bits per heavy atom. The minimum absolute atomic E-state index is 0.0125. The third-order valence-electron chi connectivity index (χ3n) is 5.07. The minimum Gasteiger partial charge on any atom is -0.396 e. The molecule has 2 rings (SSSR count). The van der Waals surface area contributed by atoms with E-state index in [1.165, 1.54) is 0 Å². The van der Waals surface area contributed by atoms with E-state index in [-0.39, 0.29) is 13.0 Å². The van der Waals surface area contributed by atoms with Crippen LogP contribution in [-0.4, -0.2) is 110 Å². The molecule has 0 aromatic heterocycles. The molecule has 10 nitrogen and oxygen atoms in total. The summed E-state index contributed by atoms with van der Waals surface area (Å²) in [6.45, 7) is -2.11. The molecule has 10 heteroatoms. The summed E-state index contributed by atoms with van der Waals surface area (Å²) in [7, 11) is 0. The largest absolute Gasteiger partial charge is 0.396 e. The molecule has 1 aliphatic heterocycles. The summed E-state index contributed by atoms with van der Waals surface area (Å²) in [5, 5.41) is 77.6. The summed E-state index contributed by atoms with van der Waals surface area (Å²) in [5.41, 5.74) is -1.63. The van der Waals surface area contributed by atoms with Gasteiger partial charge in [-0.15, -0.1) is 0 Å². The number of ether oxygens (including phenoxy) is 2. The third kappa shape index (κ3) is 3.31. The molecule has 0 aromatic carbocycles. The van der Waals surface area contributed by atoms with E-state index in [0.29, 0.717) is 0 Å². The molecule has 5 unspecified atom stereocenters. The van der Waals surface area contributed by atoms with Gasteiger partial charge < -0.3 is 50.3 Å². The van der Waals surface area contributed by atoms with Gasteiger partial charge >= 0.3 is 0 Å². The van der Waals surface area contributed by atoms with Crippen LogP contribution in [0.25, 0.3) is 0 Å². The van der Waals surface area contributed by atoms with Crippen LogP contribution in [-0.2, 0) is 9.47 Å². The molecule has 2 aliphatic rings. The average molecular weight is 354 g/mol. The van der Waals surface area contributed by atoms with Gasteiger partial charge in [-0.2, -0.15) is 0 Å². The molecule has 0 aromatic rings. The second-order valence-corrected chi connectivity index (χ2v) is 6.48. The van der Waals surface area contributed by atoms with Gasteiger partial charge in [-0.3, -0.25) is 0 Å². The Morgan fingerprint density at radius 2 is 1.54 bits per heavy atom.